The summed E-state index contributed by atoms with van der Waals surface area (Å²) in [5, 5.41) is 11.8. The van der Waals surface area contributed by atoms with Crippen LogP contribution in [0.1, 0.15) is 43.1 Å². The molecule has 1 aromatic rings. The van der Waals surface area contributed by atoms with Crippen LogP contribution in [-0.2, 0) is 16.1 Å². The highest BCUT2D eigenvalue weighted by atomic mass is 16.6. The van der Waals surface area contributed by atoms with Crippen molar-refractivity contribution < 1.29 is 19.4 Å². The van der Waals surface area contributed by atoms with E-state index in [4.69, 9.17) is 10.5 Å². The minimum atomic E-state index is -0.543. The van der Waals surface area contributed by atoms with Crippen LogP contribution >= 0.6 is 0 Å². The molecule has 116 valence electrons. The number of rotatable bonds is 5. The number of nitrogen functional groups attached to an aromatic ring is 1. The van der Waals surface area contributed by atoms with Crippen LogP contribution in [0.5, 0.6) is 0 Å². The first-order chi connectivity index (χ1) is 9.73. The van der Waals surface area contributed by atoms with Gasteiger partial charge >= 0.3 is 5.97 Å². The molecule has 1 amide bonds. The summed E-state index contributed by atoms with van der Waals surface area (Å²) in [6, 6.07) is 4.70. The molecule has 0 aliphatic rings. The summed E-state index contributed by atoms with van der Waals surface area (Å²) in [5.74, 6) is -0.757. The van der Waals surface area contributed by atoms with Crippen molar-refractivity contribution in [3.63, 3.8) is 0 Å². The molecule has 0 saturated heterocycles. The highest BCUT2D eigenvalue weighted by molar-refractivity contribution is 5.96. The van der Waals surface area contributed by atoms with E-state index in [9.17, 15) is 14.7 Å². The predicted molar refractivity (Wildman–Crippen MR) is 79.6 cm³/mol. The summed E-state index contributed by atoms with van der Waals surface area (Å²) in [5.41, 5.74) is 6.31. The lowest BCUT2D eigenvalue weighted by atomic mass is 10.1. The maximum atomic E-state index is 12.0. The molecule has 0 fully saturated rings. The Morgan fingerprint density at radius 1 is 1.33 bits per heavy atom. The van der Waals surface area contributed by atoms with Crippen molar-refractivity contribution >= 4 is 17.6 Å². The molecule has 1 aromatic carbocycles. The van der Waals surface area contributed by atoms with Gasteiger partial charge in [-0.1, -0.05) is 6.07 Å². The molecule has 0 bridgehead atoms. The Kier molecular flexibility index (Phi) is 5.72. The van der Waals surface area contributed by atoms with E-state index in [1.165, 1.54) is 6.07 Å². The second-order valence-electron chi connectivity index (χ2n) is 5.67. The van der Waals surface area contributed by atoms with Crippen LogP contribution in [0, 0.1) is 0 Å². The molecule has 0 atom stereocenters. The van der Waals surface area contributed by atoms with Crippen molar-refractivity contribution in [3.8, 4) is 0 Å². The van der Waals surface area contributed by atoms with Gasteiger partial charge in [0.15, 0.2) is 0 Å². The van der Waals surface area contributed by atoms with Gasteiger partial charge in [0.05, 0.1) is 13.0 Å². The van der Waals surface area contributed by atoms with Crippen LogP contribution in [0.3, 0.4) is 0 Å². The Balaban J connectivity index is 2.55. The van der Waals surface area contributed by atoms with Gasteiger partial charge in [-0.2, -0.15) is 0 Å². The maximum absolute atomic E-state index is 12.0. The molecule has 6 heteroatoms. The third kappa shape index (κ3) is 5.83. The number of esters is 1. The van der Waals surface area contributed by atoms with Crippen LogP contribution in [0.2, 0.25) is 0 Å². The molecule has 6 nitrogen and oxygen atoms in total. The molecule has 0 aliphatic carbocycles. The largest absolute Gasteiger partial charge is 0.460 e. The second-order valence-corrected chi connectivity index (χ2v) is 5.67. The maximum Gasteiger partial charge on any atom is 0.308 e. The first kappa shape index (κ1) is 17.0. The number of benzene rings is 1. The number of ether oxygens (including phenoxy) is 1. The van der Waals surface area contributed by atoms with E-state index in [-0.39, 0.29) is 31.4 Å². The average molecular weight is 294 g/mol. The minimum absolute atomic E-state index is 0.0831. The Hall–Kier alpha value is -2.08. The molecular weight excluding hydrogens is 272 g/mol. The zero-order valence-electron chi connectivity index (χ0n) is 12.6. The molecule has 0 aliphatic heterocycles. The fourth-order valence-corrected chi connectivity index (χ4v) is 1.71. The summed E-state index contributed by atoms with van der Waals surface area (Å²) in [4.78, 5) is 23.5. The Morgan fingerprint density at radius 2 is 2.00 bits per heavy atom. The van der Waals surface area contributed by atoms with Crippen molar-refractivity contribution in [1.82, 2.24) is 5.32 Å². The van der Waals surface area contributed by atoms with Crippen LogP contribution in [0.15, 0.2) is 18.2 Å². The van der Waals surface area contributed by atoms with E-state index in [1.54, 1.807) is 32.9 Å². The van der Waals surface area contributed by atoms with Crippen molar-refractivity contribution in [2.75, 3.05) is 12.3 Å². The predicted octanol–water partition coefficient (Wildman–Crippen LogP) is 1.22. The van der Waals surface area contributed by atoms with Crippen molar-refractivity contribution in [2.45, 2.75) is 39.4 Å². The lowest BCUT2D eigenvalue weighted by molar-refractivity contribution is -0.154. The van der Waals surface area contributed by atoms with E-state index < -0.39 is 5.60 Å². The Morgan fingerprint density at radius 3 is 2.57 bits per heavy atom. The van der Waals surface area contributed by atoms with Gasteiger partial charge in [0, 0.05) is 17.8 Å². The molecule has 21 heavy (non-hydrogen) atoms. The van der Waals surface area contributed by atoms with Crippen molar-refractivity contribution in [3.05, 3.63) is 29.3 Å². The highest BCUT2D eigenvalue weighted by Gasteiger charge is 2.16. The molecule has 1 rings (SSSR count). The van der Waals surface area contributed by atoms with Crippen LogP contribution in [0.4, 0.5) is 5.69 Å². The number of carbonyl (C=O) groups excluding carboxylic acids is 2. The van der Waals surface area contributed by atoms with Gasteiger partial charge in [-0.15, -0.1) is 0 Å². The van der Waals surface area contributed by atoms with E-state index >= 15 is 0 Å². The summed E-state index contributed by atoms with van der Waals surface area (Å²) in [6.45, 7) is 5.25. The Labute approximate surface area is 124 Å². The topological polar surface area (TPSA) is 102 Å². The third-order valence-electron chi connectivity index (χ3n) is 2.58. The fraction of sp³-hybridized carbons (Fsp3) is 0.467. The Bertz CT molecular complexity index is 521. The lowest BCUT2D eigenvalue weighted by Crippen LogP contribution is -2.30. The number of carbonyl (C=O) groups is 2. The van der Waals surface area contributed by atoms with Crippen LogP contribution in [-0.4, -0.2) is 29.1 Å². The molecular formula is C15H22N2O4. The molecule has 0 aromatic heterocycles. The molecule has 4 N–H and O–H groups in total. The molecule has 0 radical (unpaired) electrons. The zero-order chi connectivity index (χ0) is 16.0. The number of aliphatic hydroxyl groups excluding tert-OH is 1. The third-order valence-corrected chi connectivity index (χ3v) is 2.58. The SMILES string of the molecule is CC(C)(C)OC(=O)CCNC(=O)c1cc(N)ccc1CO. The number of hydrogen-bond donors (Lipinski definition) is 3. The van der Waals surface area contributed by atoms with Crippen LogP contribution < -0.4 is 11.1 Å². The molecule has 0 heterocycles. The zero-order valence-corrected chi connectivity index (χ0v) is 12.6. The van der Waals surface area contributed by atoms with E-state index in [0.29, 0.717) is 16.8 Å². The van der Waals surface area contributed by atoms with Crippen molar-refractivity contribution in [1.29, 1.82) is 0 Å². The van der Waals surface area contributed by atoms with Gasteiger partial charge < -0.3 is 20.9 Å². The summed E-state index contributed by atoms with van der Waals surface area (Å²) in [7, 11) is 0. The highest BCUT2D eigenvalue weighted by Crippen LogP contribution is 2.14. The lowest BCUT2D eigenvalue weighted by Gasteiger charge is -2.19. The first-order valence-electron chi connectivity index (χ1n) is 6.72. The number of amides is 1. The van der Waals surface area contributed by atoms with Crippen molar-refractivity contribution in [2.24, 2.45) is 0 Å². The van der Waals surface area contributed by atoms with Gasteiger partial charge in [0.25, 0.3) is 5.91 Å². The van der Waals surface area contributed by atoms with Gasteiger partial charge in [-0.05, 0) is 38.5 Å². The van der Waals surface area contributed by atoms with E-state index in [1.807, 2.05) is 0 Å². The fourth-order valence-electron chi connectivity index (χ4n) is 1.71. The van der Waals surface area contributed by atoms with Gasteiger partial charge in [-0.25, -0.2) is 0 Å². The number of nitrogens with one attached hydrogen (secondary N) is 1. The van der Waals surface area contributed by atoms with Gasteiger partial charge in [0.2, 0.25) is 0 Å². The van der Waals surface area contributed by atoms with Gasteiger partial charge in [-0.3, -0.25) is 9.59 Å². The van der Waals surface area contributed by atoms with Crippen LogP contribution in [0.25, 0.3) is 0 Å². The van der Waals surface area contributed by atoms with E-state index in [0.717, 1.165) is 0 Å². The first-order valence-corrected chi connectivity index (χ1v) is 6.72. The number of anilines is 1. The summed E-state index contributed by atoms with van der Waals surface area (Å²) in [6.07, 6.45) is 0.0831. The quantitative estimate of drug-likeness (QED) is 0.560. The smallest absolute Gasteiger partial charge is 0.308 e. The second kappa shape index (κ2) is 7.08. The summed E-state index contributed by atoms with van der Waals surface area (Å²) < 4.78 is 5.14. The monoisotopic (exact) mass is 294 g/mol. The minimum Gasteiger partial charge on any atom is -0.460 e. The van der Waals surface area contributed by atoms with E-state index in [2.05, 4.69) is 5.32 Å². The average Bonchev–Trinajstić information content (AvgIpc) is 2.36. The molecule has 0 saturated carbocycles. The van der Waals surface area contributed by atoms with Gasteiger partial charge in [0.1, 0.15) is 5.60 Å². The standard InChI is InChI=1S/C15H22N2O4/c1-15(2,3)21-13(19)6-7-17-14(20)12-8-11(16)5-4-10(12)9-18/h4-5,8,18H,6-7,9,16H2,1-3H3,(H,17,20). The normalized spacial score (nSPS) is 11.0. The number of nitrogens with two attached hydrogens (primary N) is 1. The summed E-state index contributed by atoms with van der Waals surface area (Å²) >= 11 is 0. The molecule has 0 unspecified atom stereocenters. The number of hydrogen-bond acceptors (Lipinski definition) is 5. The number of aliphatic hydroxyl groups is 1. The molecule has 0 spiro atoms.